The maximum absolute atomic E-state index is 5.71. The fourth-order valence-electron chi connectivity index (χ4n) is 0.693. The van der Waals surface area contributed by atoms with Crippen molar-refractivity contribution < 1.29 is 0 Å². The van der Waals surface area contributed by atoms with Gasteiger partial charge in [-0.3, -0.25) is 0 Å². The van der Waals surface area contributed by atoms with Crippen molar-refractivity contribution in [2.45, 2.75) is 0 Å². The number of terminal acetylenes is 1. The molecule has 1 rings (SSSR count). The number of nitrogen functional groups attached to an aromatic ring is 1. The van der Waals surface area contributed by atoms with Gasteiger partial charge in [0.15, 0.2) is 0 Å². The van der Waals surface area contributed by atoms with E-state index in [0.717, 1.165) is 0 Å². The molecule has 0 saturated carbocycles. The van der Waals surface area contributed by atoms with Crippen LogP contribution in [0.3, 0.4) is 0 Å². The van der Waals surface area contributed by atoms with Gasteiger partial charge in [0.05, 0.1) is 10.6 Å². The van der Waals surface area contributed by atoms with Gasteiger partial charge in [-0.25, -0.2) is 0 Å². The molecule has 0 radical (unpaired) electrons. The van der Waals surface area contributed by atoms with Crippen LogP contribution in [0.15, 0.2) is 18.2 Å². The number of halogens is 1. The van der Waals surface area contributed by atoms with Crippen LogP contribution in [-0.4, -0.2) is 0 Å². The fraction of sp³-hybridized carbons (Fsp3) is 0. The highest BCUT2D eigenvalue weighted by Gasteiger charge is 1.98. The van der Waals surface area contributed by atoms with Gasteiger partial charge in [0, 0.05) is 5.69 Å². The first kappa shape index (κ1) is 6.98. The summed E-state index contributed by atoms with van der Waals surface area (Å²) in [4.78, 5) is 0. The van der Waals surface area contributed by atoms with E-state index in [-0.39, 0.29) is 0 Å². The molecule has 1 aromatic carbocycles. The summed E-state index contributed by atoms with van der Waals surface area (Å²) in [5, 5.41) is 0.530. The predicted octanol–water partition coefficient (Wildman–Crippen LogP) is 1.90. The van der Waals surface area contributed by atoms with E-state index in [1.807, 2.05) is 0 Å². The van der Waals surface area contributed by atoms with Crippen molar-refractivity contribution in [1.82, 2.24) is 0 Å². The second kappa shape index (κ2) is 2.64. The van der Waals surface area contributed by atoms with Gasteiger partial charge in [0.2, 0.25) is 0 Å². The molecule has 0 aliphatic rings. The highest BCUT2D eigenvalue weighted by molar-refractivity contribution is 6.32. The molecule has 1 nitrogen and oxygen atoms in total. The van der Waals surface area contributed by atoms with E-state index in [2.05, 4.69) is 5.92 Å². The topological polar surface area (TPSA) is 26.0 Å². The third kappa shape index (κ3) is 1.07. The molecule has 0 bridgehead atoms. The second-order valence-electron chi connectivity index (χ2n) is 1.85. The first-order valence-corrected chi connectivity index (χ1v) is 3.14. The number of hydrogen-bond donors (Lipinski definition) is 1. The zero-order valence-corrected chi connectivity index (χ0v) is 6.02. The molecule has 0 aromatic heterocycles. The lowest BCUT2D eigenvalue weighted by Gasteiger charge is -1.98. The Labute approximate surface area is 64.8 Å². The smallest absolute Gasteiger partial charge is 0.0658 e. The van der Waals surface area contributed by atoms with Gasteiger partial charge in [0.25, 0.3) is 0 Å². The van der Waals surface area contributed by atoms with Gasteiger partial charge in [-0.15, -0.1) is 6.42 Å². The van der Waals surface area contributed by atoms with E-state index in [4.69, 9.17) is 23.8 Å². The monoisotopic (exact) mass is 151 g/mol. The minimum atomic E-state index is 0.530. The molecule has 0 spiro atoms. The molecule has 0 fully saturated rings. The molecule has 2 heteroatoms. The minimum Gasteiger partial charge on any atom is -0.398 e. The van der Waals surface area contributed by atoms with Gasteiger partial charge in [0.1, 0.15) is 0 Å². The third-order valence-corrected chi connectivity index (χ3v) is 1.51. The zero-order valence-electron chi connectivity index (χ0n) is 5.26. The summed E-state index contributed by atoms with van der Waals surface area (Å²) in [6.45, 7) is 0. The molecule has 0 unspecified atom stereocenters. The van der Waals surface area contributed by atoms with Gasteiger partial charge in [-0.05, 0) is 12.1 Å². The number of benzene rings is 1. The van der Waals surface area contributed by atoms with Crippen molar-refractivity contribution in [3.05, 3.63) is 28.8 Å². The van der Waals surface area contributed by atoms with Gasteiger partial charge in [-0.2, -0.15) is 0 Å². The summed E-state index contributed by atoms with van der Waals surface area (Å²) in [5.41, 5.74) is 6.63. The van der Waals surface area contributed by atoms with E-state index in [1.165, 1.54) is 0 Å². The zero-order chi connectivity index (χ0) is 7.56. The van der Waals surface area contributed by atoms with Crippen molar-refractivity contribution in [2.75, 3.05) is 5.73 Å². The molecule has 2 N–H and O–H groups in total. The molecule has 10 heavy (non-hydrogen) atoms. The number of hydrogen-bond acceptors (Lipinski definition) is 1. The Morgan fingerprint density at radius 2 is 2.20 bits per heavy atom. The third-order valence-electron chi connectivity index (χ3n) is 1.19. The Balaban J connectivity index is 3.34. The molecular formula is C8H6ClN. The van der Waals surface area contributed by atoms with Crippen molar-refractivity contribution in [3.8, 4) is 12.3 Å². The number of anilines is 1. The van der Waals surface area contributed by atoms with Gasteiger partial charge >= 0.3 is 0 Å². The SMILES string of the molecule is C#Cc1c(N)cccc1Cl. The molecule has 0 aliphatic carbocycles. The summed E-state index contributed by atoms with van der Waals surface area (Å²) in [6, 6.07) is 5.20. The summed E-state index contributed by atoms with van der Waals surface area (Å²) < 4.78 is 0. The van der Waals surface area contributed by atoms with Crippen LogP contribution in [0.1, 0.15) is 5.56 Å². The minimum absolute atomic E-state index is 0.530. The Morgan fingerprint density at radius 1 is 1.50 bits per heavy atom. The van der Waals surface area contributed by atoms with Crippen LogP contribution >= 0.6 is 11.6 Å². The fourth-order valence-corrected chi connectivity index (χ4v) is 0.929. The van der Waals surface area contributed by atoms with Crippen molar-refractivity contribution >= 4 is 17.3 Å². The highest BCUT2D eigenvalue weighted by Crippen LogP contribution is 2.19. The van der Waals surface area contributed by atoms with Crippen molar-refractivity contribution in [2.24, 2.45) is 0 Å². The second-order valence-corrected chi connectivity index (χ2v) is 2.26. The summed E-state index contributed by atoms with van der Waals surface area (Å²) in [7, 11) is 0. The largest absolute Gasteiger partial charge is 0.398 e. The van der Waals surface area contributed by atoms with Gasteiger partial charge < -0.3 is 5.73 Å². The molecule has 0 aliphatic heterocycles. The Morgan fingerprint density at radius 3 is 2.60 bits per heavy atom. The molecule has 50 valence electrons. The van der Waals surface area contributed by atoms with E-state index < -0.39 is 0 Å². The van der Waals surface area contributed by atoms with Crippen LogP contribution in [0, 0.1) is 12.3 Å². The molecule has 0 heterocycles. The molecule has 0 atom stereocenters. The average molecular weight is 152 g/mol. The quantitative estimate of drug-likeness (QED) is 0.445. The average Bonchev–Trinajstić information content (AvgIpc) is 1.88. The standard InChI is InChI=1S/C8H6ClN/c1-2-6-7(9)4-3-5-8(6)10/h1,3-5H,10H2. The van der Waals surface area contributed by atoms with E-state index >= 15 is 0 Å². The van der Waals surface area contributed by atoms with Crippen molar-refractivity contribution in [3.63, 3.8) is 0 Å². The Kier molecular flexibility index (Phi) is 1.84. The van der Waals surface area contributed by atoms with E-state index in [9.17, 15) is 0 Å². The van der Waals surface area contributed by atoms with Crippen LogP contribution in [0.4, 0.5) is 5.69 Å². The molecular weight excluding hydrogens is 146 g/mol. The Hall–Kier alpha value is -1.13. The van der Waals surface area contributed by atoms with Crippen LogP contribution in [0.25, 0.3) is 0 Å². The summed E-state index contributed by atoms with van der Waals surface area (Å²) >= 11 is 5.71. The lowest BCUT2D eigenvalue weighted by molar-refractivity contribution is 1.63. The maximum Gasteiger partial charge on any atom is 0.0658 e. The lowest BCUT2D eigenvalue weighted by atomic mass is 10.2. The first-order chi connectivity index (χ1) is 4.75. The van der Waals surface area contributed by atoms with Crippen LogP contribution in [0.5, 0.6) is 0 Å². The predicted molar refractivity (Wildman–Crippen MR) is 43.8 cm³/mol. The molecule has 0 amide bonds. The lowest BCUT2D eigenvalue weighted by Crippen LogP contribution is -1.89. The highest BCUT2D eigenvalue weighted by atomic mass is 35.5. The van der Waals surface area contributed by atoms with E-state index in [0.29, 0.717) is 16.3 Å². The van der Waals surface area contributed by atoms with Crippen LogP contribution in [0.2, 0.25) is 5.02 Å². The maximum atomic E-state index is 5.71. The van der Waals surface area contributed by atoms with E-state index in [1.54, 1.807) is 18.2 Å². The molecule has 1 aromatic rings. The van der Waals surface area contributed by atoms with Crippen LogP contribution in [-0.2, 0) is 0 Å². The normalized spacial score (nSPS) is 8.80. The van der Waals surface area contributed by atoms with Crippen molar-refractivity contribution in [1.29, 1.82) is 0 Å². The van der Waals surface area contributed by atoms with Gasteiger partial charge in [-0.1, -0.05) is 23.6 Å². The summed E-state index contributed by atoms with van der Waals surface area (Å²) in [6.07, 6.45) is 5.14. The number of nitrogens with two attached hydrogens (primary N) is 1. The summed E-state index contributed by atoms with van der Waals surface area (Å²) in [5.74, 6) is 2.41. The Bertz CT molecular complexity index is 266. The van der Waals surface area contributed by atoms with Crippen LogP contribution < -0.4 is 5.73 Å². The first-order valence-electron chi connectivity index (χ1n) is 2.76. The number of rotatable bonds is 0. The molecule has 0 saturated heterocycles.